The molecule has 0 radical (unpaired) electrons. The minimum atomic E-state index is -0.219. The topological polar surface area (TPSA) is 72.3 Å². The third-order valence-corrected chi connectivity index (χ3v) is 2.26. The molecule has 0 aromatic heterocycles. The first-order valence-corrected chi connectivity index (χ1v) is 4.32. The lowest BCUT2D eigenvalue weighted by atomic mass is 9.92. The quantitative estimate of drug-likeness (QED) is 0.547. The van der Waals surface area contributed by atoms with E-state index < -0.39 is 0 Å². The zero-order valence-electron chi connectivity index (χ0n) is 7.55. The predicted molar refractivity (Wildman–Crippen MR) is 47.5 cm³/mol. The largest absolute Gasteiger partial charge is 0.340 e. The van der Waals surface area contributed by atoms with E-state index in [1.807, 2.05) is 6.92 Å². The van der Waals surface area contributed by atoms with Crippen molar-refractivity contribution in [1.82, 2.24) is 4.90 Å². The van der Waals surface area contributed by atoms with E-state index in [9.17, 15) is 4.79 Å². The van der Waals surface area contributed by atoms with Crippen LogP contribution in [0.2, 0.25) is 0 Å². The summed E-state index contributed by atoms with van der Waals surface area (Å²) in [6.07, 6.45) is 1.97. The Morgan fingerprint density at radius 1 is 1.67 bits per heavy atom. The number of piperidine rings is 1. The van der Waals surface area contributed by atoms with Crippen LogP contribution in [0.3, 0.4) is 0 Å². The van der Waals surface area contributed by atoms with E-state index in [4.69, 9.17) is 11.5 Å². The maximum Gasteiger partial charge on any atom is 0.236 e. The molecule has 1 amide bonds. The Balaban J connectivity index is 2.52. The SMILES string of the molecule is C[C@@]1(N)CCCN(C(=O)CN)C1. The van der Waals surface area contributed by atoms with Crippen molar-refractivity contribution in [1.29, 1.82) is 0 Å². The van der Waals surface area contributed by atoms with Gasteiger partial charge in [-0.25, -0.2) is 0 Å². The first-order valence-electron chi connectivity index (χ1n) is 4.32. The minimum absolute atomic E-state index is 0.00590. The highest BCUT2D eigenvalue weighted by Gasteiger charge is 2.28. The van der Waals surface area contributed by atoms with Crippen molar-refractivity contribution in [3.05, 3.63) is 0 Å². The monoisotopic (exact) mass is 171 g/mol. The number of rotatable bonds is 1. The van der Waals surface area contributed by atoms with Crippen LogP contribution >= 0.6 is 0 Å². The molecule has 1 heterocycles. The fourth-order valence-electron chi connectivity index (χ4n) is 1.61. The molecule has 4 nitrogen and oxygen atoms in total. The Kier molecular flexibility index (Phi) is 2.69. The van der Waals surface area contributed by atoms with Gasteiger partial charge in [-0.3, -0.25) is 4.79 Å². The summed E-state index contributed by atoms with van der Waals surface area (Å²) < 4.78 is 0. The molecule has 1 rings (SSSR count). The molecule has 0 aromatic carbocycles. The second-order valence-corrected chi connectivity index (χ2v) is 3.78. The Labute approximate surface area is 72.9 Å². The van der Waals surface area contributed by atoms with Crippen LogP contribution in [0.4, 0.5) is 0 Å². The zero-order chi connectivity index (χ0) is 9.19. The molecule has 0 unspecified atom stereocenters. The molecule has 1 saturated heterocycles. The summed E-state index contributed by atoms with van der Waals surface area (Å²) in [6, 6.07) is 0. The van der Waals surface area contributed by atoms with Crippen molar-refractivity contribution in [2.45, 2.75) is 25.3 Å². The molecule has 0 aromatic rings. The second-order valence-electron chi connectivity index (χ2n) is 3.78. The lowest BCUT2D eigenvalue weighted by Crippen LogP contribution is -2.54. The molecule has 4 N–H and O–H groups in total. The predicted octanol–water partition coefficient (Wildman–Crippen LogP) is -0.715. The van der Waals surface area contributed by atoms with Gasteiger partial charge in [0.2, 0.25) is 5.91 Å². The van der Waals surface area contributed by atoms with Gasteiger partial charge in [-0.05, 0) is 19.8 Å². The minimum Gasteiger partial charge on any atom is -0.340 e. The highest BCUT2D eigenvalue weighted by atomic mass is 16.2. The summed E-state index contributed by atoms with van der Waals surface area (Å²) >= 11 is 0. The van der Waals surface area contributed by atoms with E-state index in [1.54, 1.807) is 4.90 Å². The molecule has 1 fully saturated rings. The van der Waals surface area contributed by atoms with E-state index in [1.165, 1.54) is 0 Å². The Morgan fingerprint density at radius 2 is 2.33 bits per heavy atom. The molecular weight excluding hydrogens is 154 g/mol. The van der Waals surface area contributed by atoms with Gasteiger partial charge in [-0.2, -0.15) is 0 Å². The van der Waals surface area contributed by atoms with Gasteiger partial charge < -0.3 is 16.4 Å². The molecule has 0 bridgehead atoms. The van der Waals surface area contributed by atoms with Crippen LogP contribution in [-0.4, -0.2) is 36.0 Å². The summed E-state index contributed by atoms with van der Waals surface area (Å²) in [5.41, 5.74) is 11.0. The number of hydrogen-bond acceptors (Lipinski definition) is 3. The van der Waals surface area contributed by atoms with Gasteiger partial charge in [-0.1, -0.05) is 0 Å². The molecule has 70 valence electrons. The van der Waals surface area contributed by atoms with Crippen molar-refractivity contribution in [3.8, 4) is 0 Å². The molecule has 1 aliphatic rings. The average molecular weight is 171 g/mol. The van der Waals surface area contributed by atoms with Crippen LogP contribution in [0.1, 0.15) is 19.8 Å². The lowest BCUT2D eigenvalue weighted by Gasteiger charge is -2.37. The van der Waals surface area contributed by atoms with Crippen LogP contribution in [0.25, 0.3) is 0 Å². The highest BCUT2D eigenvalue weighted by Crippen LogP contribution is 2.17. The standard InChI is InChI=1S/C8H17N3O/c1-8(10)3-2-4-11(6-8)7(12)5-9/h2-6,9-10H2,1H3/t8-/m1/s1. The normalized spacial score (nSPS) is 30.4. The van der Waals surface area contributed by atoms with Gasteiger partial charge in [0.1, 0.15) is 0 Å². The van der Waals surface area contributed by atoms with E-state index >= 15 is 0 Å². The molecule has 0 spiro atoms. The average Bonchev–Trinajstić information content (AvgIpc) is 2.01. The maximum absolute atomic E-state index is 11.2. The van der Waals surface area contributed by atoms with Crippen LogP contribution in [-0.2, 0) is 4.79 Å². The zero-order valence-corrected chi connectivity index (χ0v) is 7.55. The number of nitrogens with zero attached hydrogens (tertiary/aromatic N) is 1. The third-order valence-electron chi connectivity index (χ3n) is 2.26. The first kappa shape index (κ1) is 9.48. The van der Waals surface area contributed by atoms with Gasteiger partial charge in [0, 0.05) is 18.6 Å². The maximum atomic E-state index is 11.2. The molecule has 1 aliphatic heterocycles. The van der Waals surface area contributed by atoms with Gasteiger partial charge in [0.25, 0.3) is 0 Å². The summed E-state index contributed by atoms with van der Waals surface area (Å²) in [6.45, 7) is 3.52. The number of amides is 1. The van der Waals surface area contributed by atoms with Crippen LogP contribution < -0.4 is 11.5 Å². The Morgan fingerprint density at radius 3 is 2.83 bits per heavy atom. The lowest BCUT2D eigenvalue weighted by molar-refractivity contribution is -0.131. The van der Waals surface area contributed by atoms with Crippen LogP contribution in [0, 0.1) is 0 Å². The van der Waals surface area contributed by atoms with E-state index in [0.717, 1.165) is 19.4 Å². The fraction of sp³-hybridized carbons (Fsp3) is 0.875. The van der Waals surface area contributed by atoms with Crippen LogP contribution in [0.15, 0.2) is 0 Å². The molecule has 4 heteroatoms. The van der Waals surface area contributed by atoms with Crippen molar-refractivity contribution < 1.29 is 4.79 Å². The molecule has 0 saturated carbocycles. The Bertz CT molecular complexity index is 179. The van der Waals surface area contributed by atoms with Gasteiger partial charge >= 0.3 is 0 Å². The third kappa shape index (κ3) is 2.19. The molecule has 1 atom stereocenters. The van der Waals surface area contributed by atoms with Crippen molar-refractivity contribution in [3.63, 3.8) is 0 Å². The molecular formula is C8H17N3O. The van der Waals surface area contributed by atoms with Crippen LogP contribution in [0.5, 0.6) is 0 Å². The van der Waals surface area contributed by atoms with E-state index in [0.29, 0.717) is 6.54 Å². The van der Waals surface area contributed by atoms with Crippen molar-refractivity contribution in [2.75, 3.05) is 19.6 Å². The fourth-order valence-corrected chi connectivity index (χ4v) is 1.61. The van der Waals surface area contributed by atoms with Gasteiger partial charge in [0.05, 0.1) is 6.54 Å². The summed E-state index contributed by atoms with van der Waals surface area (Å²) in [5.74, 6) is 0.00590. The summed E-state index contributed by atoms with van der Waals surface area (Å²) in [7, 11) is 0. The first-order chi connectivity index (χ1) is 5.55. The Hall–Kier alpha value is -0.610. The smallest absolute Gasteiger partial charge is 0.236 e. The van der Waals surface area contributed by atoms with E-state index in [-0.39, 0.29) is 18.0 Å². The summed E-state index contributed by atoms with van der Waals surface area (Å²) in [4.78, 5) is 13.0. The van der Waals surface area contributed by atoms with Crippen molar-refractivity contribution in [2.24, 2.45) is 11.5 Å². The highest BCUT2D eigenvalue weighted by molar-refractivity contribution is 5.78. The van der Waals surface area contributed by atoms with Gasteiger partial charge in [0.15, 0.2) is 0 Å². The number of nitrogens with two attached hydrogens (primary N) is 2. The summed E-state index contributed by atoms with van der Waals surface area (Å²) in [5, 5.41) is 0. The van der Waals surface area contributed by atoms with Crippen molar-refractivity contribution >= 4 is 5.91 Å². The van der Waals surface area contributed by atoms with E-state index in [2.05, 4.69) is 0 Å². The van der Waals surface area contributed by atoms with Gasteiger partial charge in [-0.15, -0.1) is 0 Å². The number of likely N-dealkylation sites (tertiary alicyclic amines) is 1. The second kappa shape index (κ2) is 3.41. The number of carbonyl (C=O) groups excluding carboxylic acids is 1. The number of carbonyl (C=O) groups is 1. The molecule has 0 aliphatic carbocycles. The molecule has 12 heavy (non-hydrogen) atoms. The number of hydrogen-bond donors (Lipinski definition) is 2.